The lowest BCUT2D eigenvalue weighted by atomic mass is 9.89. The number of aromatic nitrogens is 1. The van der Waals surface area contributed by atoms with Crippen LogP contribution in [0.15, 0.2) is 78.9 Å². The Kier molecular flexibility index (Phi) is 4.91. The van der Waals surface area contributed by atoms with Crippen molar-refractivity contribution in [2.45, 2.75) is 25.3 Å². The van der Waals surface area contributed by atoms with Gasteiger partial charge in [-0.1, -0.05) is 60.7 Å². The van der Waals surface area contributed by atoms with Crippen LogP contribution < -0.4 is 0 Å². The zero-order chi connectivity index (χ0) is 19.6. The van der Waals surface area contributed by atoms with Crippen LogP contribution in [0.2, 0.25) is 0 Å². The van der Waals surface area contributed by atoms with Gasteiger partial charge in [-0.3, -0.25) is 4.90 Å². The molecule has 3 aromatic carbocycles. The first kappa shape index (κ1) is 18.1. The molecule has 0 saturated carbocycles. The van der Waals surface area contributed by atoms with Gasteiger partial charge in [0.25, 0.3) is 0 Å². The molecule has 5 rings (SSSR count). The van der Waals surface area contributed by atoms with Crippen molar-refractivity contribution in [2.75, 3.05) is 13.1 Å². The number of rotatable bonds is 4. The van der Waals surface area contributed by atoms with Crippen LogP contribution >= 0.6 is 0 Å². The molecule has 0 unspecified atom stereocenters. The Hall–Kier alpha value is -2.91. The SMILES string of the molecule is Fc1ccc(C2CCN(Cc3c(-c4ccccc4)[nH]c4ccccc34)CC2)cc1. The first-order valence-electron chi connectivity index (χ1n) is 10.4. The molecule has 1 aromatic heterocycles. The molecule has 146 valence electrons. The van der Waals surface area contributed by atoms with Crippen molar-refractivity contribution in [3.63, 3.8) is 0 Å². The number of hydrogen-bond donors (Lipinski definition) is 1. The van der Waals surface area contributed by atoms with Gasteiger partial charge in [-0.05, 0) is 66.7 Å². The molecule has 0 spiro atoms. The first-order chi connectivity index (χ1) is 14.3. The number of piperidine rings is 1. The van der Waals surface area contributed by atoms with Gasteiger partial charge in [0.05, 0.1) is 5.69 Å². The number of benzene rings is 3. The van der Waals surface area contributed by atoms with Crippen LogP contribution in [0.5, 0.6) is 0 Å². The molecular formula is C26H25FN2. The van der Waals surface area contributed by atoms with E-state index in [0.717, 1.165) is 32.5 Å². The Morgan fingerprint density at radius 1 is 0.828 bits per heavy atom. The second kappa shape index (κ2) is 7.84. The van der Waals surface area contributed by atoms with Gasteiger partial charge >= 0.3 is 0 Å². The van der Waals surface area contributed by atoms with E-state index in [1.54, 1.807) is 12.1 Å². The number of nitrogens with zero attached hydrogens (tertiary/aromatic N) is 1. The molecule has 0 radical (unpaired) electrons. The molecule has 1 aliphatic heterocycles. The molecule has 2 nitrogen and oxygen atoms in total. The van der Waals surface area contributed by atoms with Crippen LogP contribution in [0.3, 0.4) is 0 Å². The molecule has 29 heavy (non-hydrogen) atoms. The third-order valence-corrected chi connectivity index (χ3v) is 6.19. The van der Waals surface area contributed by atoms with E-state index < -0.39 is 0 Å². The molecule has 3 heteroatoms. The molecule has 4 aromatic rings. The standard InChI is InChI=1S/C26H25FN2/c27-22-12-10-19(11-13-22)20-14-16-29(17-15-20)18-24-23-8-4-5-9-25(23)28-26(24)21-6-2-1-3-7-21/h1-13,20,28H,14-18H2. The van der Waals surface area contributed by atoms with Crippen LogP contribution in [0.25, 0.3) is 22.2 Å². The minimum Gasteiger partial charge on any atom is -0.354 e. The van der Waals surface area contributed by atoms with Crippen LogP contribution in [0.1, 0.15) is 29.9 Å². The normalized spacial score (nSPS) is 15.8. The summed E-state index contributed by atoms with van der Waals surface area (Å²) in [6, 6.07) is 26.3. The third kappa shape index (κ3) is 3.70. The number of H-pyrrole nitrogens is 1. The highest BCUT2D eigenvalue weighted by Gasteiger charge is 2.23. The number of fused-ring (bicyclic) bond motifs is 1. The fraction of sp³-hybridized carbons (Fsp3) is 0.231. The molecule has 0 atom stereocenters. The Morgan fingerprint density at radius 2 is 1.52 bits per heavy atom. The summed E-state index contributed by atoms with van der Waals surface area (Å²) in [4.78, 5) is 6.21. The van der Waals surface area contributed by atoms with Crippen LogP contribution in [0.4, 0.5) is 4.39 Å². The summed E-state index contributed by atoms with van der Waals surface area (Å²) >= 11 is 0. The molecule has 1 aliphatic rings. The lowest BCUT2D eigenvalue weighted by Crippen LogP contribution is -2.32. The molecule has 1 fully saturated rings. The maximum atomic E-state index is 13.2. The molecule has 1 N–H and O–H groups in total. The van der Waals surface area contributed by atoms with Crippen LogP contribution in [-0.2, 0) is 6.54 Å². The number of aromatic amines is 1. The van der Waals surface area contributed by atoms with Gasteiger partial charge in [0.15, 0.2) is 0 Å². The van der Waals surface area contributed by atoms with E-state index in [9.17, 15) is 4.39 Å². The Bertz CT molecular complexity index is 1090. The van der Waals surface area contributed by atoms with Crippen LogP contribution in [0, 0.1) is 5.82 Å². The smallest absolute Gasteiger partial charge is 0.123 e. The number of hydrogen-bond acceptors (Lipinski definition) is 1. The topological polar surface area (TPSA) is 19.0 Å². The van der Waals surface area contributed by atoms with Gasteiger partial charge in [-0.25, -0.2) is 4.39 Å². The van der Waals surface area contributed by atoms with E-state index in [1.165, 1.54) is 33.3 Å². The third-order valence-electron chi connectivity index (χ3n) is 6.19. The van der Waals surface area contributed by atoms with E-state index in [1.807, 2.05) is 12.1 Å². The van der Waals surface area contributed by atoms with E-state index in [2.05, 4.69) is 64.5 Å². The zero-order valence-corrected chi connectivity index (χ0v) is 16.4. The fourth-order valence-corrected chi connectivity index (χ4v) is 4.60. The van der Waals surface area contributed by atoms with E-state index >= 15 is 0 Å². The van der Waals surface area contributed by atoms with E-state index in [4.69, 9.17) is 0 Å². The number of nitrogens with one attached hydrogen (secondary N) is 1. The maximum absolute atomic E-state index is 13.2. The van der Waals surface area contributed by atoms with E-state index in [0.29, 0.717) is 5.92 Å². The summed E-state index contributed by atoms with van der Waals surface area (Å²) < 4.78 is 13.2. The molecule has 0 aliphatic carbocycles. The Balaban J connectivity index is 1.38. The van der Waals surface area contributed by atoms with Gasteiger partial charge in [-0.15, -0.1) is 0 Å². The summed E-state index contributed by atoms with van der Waals surface area (Å²) in [6.07, 6.45) is 2.24. The molecular weight excluding hydrogens is 359 g/mol. The van der Waals surface area contributed by atoms with Crippen molar-refractivity contribution < 1.29 is 4.39 Å². The van der Waals surface area contributed by atoms with Gasteiger partial charge < -0.3 is 4.98 Å². The van der Waals surface area contributed by atoms with Crippen molar-refractivity contribution in [3.8, 4) is 11.3 Å². The average Bonchev–Trinajstić information content (AvgIpc) is 3.14. The van der Waals surface area contributed by atoms with Crippen molar-refractivity contribution in [3.05, 3.63) is 95.8 Å². The minimum absolute atomic E-state index is 0.154. The largest absolute Gasteiger partial charge is 0.354 e. The second-order valence-corrected chi connectivity index (χ2v) is 7.99. The number of para-hydroxylation sites is 1. The van der Waals surface area contributed by atoms with Crippen molar-refractivity contribution >= 4 is 10.9 Å². The maximum Gasteiger partial charge on any atom is 0.123 e. The van der Waals surface area contributed by atoms with Gasteiger partial charge in [-0.2, -0.15) is 0 Å². The van der Waals surface area contributed by atoms with E-state index in [-0.39, 0.29) is 5.82 Å². The first-order valence-corrected chi connectivity index (χ1v) is 10.4. The summed E-state index contributed by atoms with van der Waals surface area (Å²) in [5.74, 6) is 0.377. The average molecular weight is 384 g/mol. The Morgan fingerprint density at radius 3 is 2.28 bits per heavy atom. The van der Waals surface area contributed by atoms with Gasteiger partial charge in [0, 0.05) is 17.4 Å². The summed E-state index contributed by atoms with van der Waals surface area (Å²) in [7, 11) is 0. The molecule has 0 amide bonds. The van der Waals surface area contributed by atoms with Gasteiger partial charge in [0.2, 0.25) is 0 Å². The minimum atomic E-state index is -0.154. The predicted octanol–water partition coefficient (Wildman–Crippen LogP) is 6.35. The Labute approximate surface area is 171 Å². The fourth-order valence-electron chi connectivity index (χ4n) is 4.60. The number of halogens is 1. The van der Waals surface area contributed by atoms with Gasteiger partial charge in [0.1, 0.15) is 5.82 Å². The van der Waals surface area contributed by atoms with Crippen molar-refractivity contribution in [1.82, 2.24) is 9.88 Å². The molecule has 1 saturated heterocycles. The van der Waals surface area contributed by atoms with Crippen molar-refractivity contribution in [2.24, 2.45) is 0 Å². The molecule has 2 heterocycles. The van der Waals surface area contributed by atoms with Crippen LogP contribution in [-0.4, -0.2) is 23.0 Å². The van der Waals surface area contributed by atoms with Crippen molar-refractivity contribution in [1.29, 1.82) is 0 Å². The zero-order valence-electron chi connectivity index (χ0n) is 16.4. The highest BCUT2D eigenvalue weighted by Crippen LogP contribution is 2.34. The predicted molar refractivity (Wildman–Crippen MR) is 117 cm³/mol. The second-order valence-electron chi connectivity index (χ2n) is 7.99. The summed E-state index contributed by atoms with van der Waals surface area (Å²) in [5.41, 5.74) is 6.31. The monoisotopic (exact) mass is 384 g/mol. The molecule has 0 bridgehead atoms. The highest BCUT2D eigenvalue weighted by atomic mass is 19.1. The summed E-state index contributed by atoms with van der Waals surface area (Å²) in [6.45, 7) is 3.08. The lowest BCUT2D eigenvalue weighted by Gasteiger charge is -2.32. The quantitative estimate of drug-likeness (QED) is 0.434. The highest BCUT2D eigenvalue weighted by molar-refractivity contribution is 5.90. The summed E-state index contributed by atoms with van der Waals surface area (Å²) in [5, 5.41) is 1.31. The number of likely N-dealkylation sites (tertiary alicyclic amines) is 1. The lowest BCUT2D eigenvalue weighted by molar-refractivity contribution is 0.205.